The van der Waals surface area contributed by atoms with Gasteiger partial charge in [-0.3, -0.25) is 0 Å². The monoisotopic (exact) mass is 328 g/mol. The summed E-state index contributed by atoms with van der Waals surface area (Å²) in [5.74, 6) is 0. The van der Waals surface area contributed by atoms with Crippen LogP contribution in [0.5, 0.6) is 0 Å². The number of hydrogen-bond acceptors (Lipinski definition) is 0. The third kappa shape index (κ3) is 3.26. The van der Waals surface area contributed by atoms with Crippen LogP contribution in [0.4, 0.5) is 0 Å². The molecule has 0 unspecified atom stereocenters. The van der Waals surface area contributed by atoms with Crippen molar-refractivity contribution < 1.29 is 23.2 Å². The predicted molar refractivity (Wildman–Crippen MR) is 80.4 cm³/mol. The molecule has 98 valence electrons. The summed E-state index contributed by atoms with van der Waals surface area (Å²) in [6.45, 7) is 8.81. The zero-order valence-corrected chi connectivity index (χ0v) is 14.8. The molecular formula is C18H22Zr. The number of hydrogen-bond donors (Lipinski definition) is 0. The molecule has 0 heterocycles. The van der Waals surface area contributed by atoms with Crippen molar-refractivity contribution in [2.75, 3.05) is 0 Å². The van der Waals surface area contributed by atoms with Gasteiger partial charge in [-0.25, -0.2) is 0 Å². The van der Waals surface area contributed by atoms with Crippen LogP contribution >= 0.6 is 0 Å². The Bertz CT molecular complexity index is 498. The van der Waals surface area contributed by atoms with Crippen molar-refractivity contribution in [1.29, 1.82) is 0 Å². The molecule has 0 radical (unpaired) electrons. The molecule has 0 aromatic rings. The number of rotatable bonds is 4. The molecule has 0 saturated carbocycles. The van der Waals surface area contributed by atoms with E-state index < -0.39 is 23.2 Å². The summed E-state index contributed by atoms with van der Waals surface area (Å²) < 4.78 is 3.37. The van der Waals surface area contributed by atoms with Gasteiger partial charge >= 0.3 is 129 Å². The van der Waals surface area contributed by atoms with E-state index in [1.54, 1.807) is 17.7 Å². The maximum atomic E-state index is 2.47. The molecule has 19 heavy (non-hydrogen) atoms. The van der Waals surface area contributed by atoms with Crippen LogP contribution in [0, 0.1) is 0 Å². The first-order valence-electron chi connectivity index (χ1n) is 7.00. The van der Waals surface area contributed by atoms with Crippen molar-refractivity contribution in [3.8, 4) is 0 Å². The van der Waals surface area contributed by atoms with E-state index in [0.29, 0.717) is 0 Å². The molecule has 0 fully saturated rings. The second kappa shape index (κ2) is 6.66. The molecule has 0 bridgehead atoms. The van der Waals surface area contributed by atoms with Crippen molar-refractivity contribution in [3.63, 3.8) is 0 Å². The predicted octanol–water partition coefficient (Wildman–Crippen LogP) is 5.43. The minimum absolute atomic E-state index is 0.600. The van der Waals surface area contributed by atoms with Crippen molar-refractivity contribution in [3.05, 3.63) is 65.3 Å². The first-order chi connectivity index (χ1) is 9.17. The van der Waals surface area contributed by atoms with E-state index >= 15 is 0 Å². The van der Waals surface area contributed by atoms with Crippen LogP contribution in [-0.4, -0.2) is 0 Å². The van der Waals surface area contributed by atoms with E-state index in [9.17, 15) is 0 Å². The van der Waals surface area contributed by atoms with Gasteiger partial charge in [0, 0.05) is 0 Å². The standard InChI is InChI=1S/2C9H11.Zr/c2*1-3-5-9-7-4-6-8(9)2;/h2*3-5H,7H2,1-2H3;. The third-order valence-corrected chi connectivity index (χ3v) is 8.00. The molecule has 0 saturated heterocycles. The van der Waals surface area contributed by atoms with Crippen LogP contribution in [-0.2, 0) is 23.2 Å². The molecule has 0 aromatic heterocycles. The fraction of sp³-hybridized carbons (Fsp3) is 0.333. The minimum atomic E-state index is -0.600. The fourth-order valence-corrected chi connectivity index (χ4v) is 6.03. The Hall–Kier alpha value is -0.677. The Morgan fingerprint density at radius 1 is 0.842 bits per heavy atom. The van der Waals surface area contributed by atoms with Gasteiger partial charge in [0.1, 0.15) is 0 Å². The van der Waals surface area contributed by atoms with Gasteiger partial charge in [-0.1, -0.05) is 0 Å². The second-order valence-corrected chi connectivity index (χ2v) is 8.33. The number of allylic oxidation sites excluding steroid dienone is 12. The van der Waals surface area contributed by atoms with Crippen LogP contribution in [0.2, 0.25) is 0 Å². The van der Waals surface area contributed by atoms with Crippen molar-refractivity contribution >= 4 is 0 Å². The van der Waals surface area contributed by atoms with E-state index in [1.807, 2.05) is 0 Å². The zero-order valence-electron chi connectivity index (χ0n) is 12.4. The van der Waals surface area contributed by atoms with E-state index in [1.165, 1.54) is 11.1 Å². The second-order valence-electron chi connectivity index (χ2n) is 5.07. The molecule has 0 aliphatic heterocycles. The third-order valence-electron chi connectivity index (χ3n) is 3.83. The normalized spacial score (nSPS) is 20.0. The van der Waals surface area contributed by atoms with Crippen LogP contribution in [0.1, 0.15) is 40.5 Å². The Morgan fingerprint density at radius 3 is 1.63 bits per heavy atom. The molecule has 2 aliphatic carbocycles. The summed E-state index contributed by atoms with van der Waals surface area (Å²) in [6, 6.07) is 0. The molecule has 2 rings (SSSR count). The van der Waals surface area contributed by atoms with Gasteiger partial charge in [0.15, 0.2) is 0 Å². The Balaban J connectivity index is 2.13. The quantitative estimate of drug-likeness (QED) is 0.645. The first-order valence-corrected chi connectivity index (χ1v) is 9.46. The van der Waals surface area contributed by atoms with E-state index in [-0.39, 0.29) is 0 Å². The SMILES string of the molecule is CC=CC1=C(C)[C]([Zr][C]2=CCC(C=CC)=C2C)=CC1. The van der Waals surface area contributed by atoms with Crippen molar-refractivity contribution in [1.82, 2.24) is 0 Å². The molecule has 1 heteroatoms. The Labute approximate surface area is 128 Å². The molecule has 0 atom stereocenters. The zero-order chi connectivity index (χ0) is 13.8. The van der Waals surface area contributed by atoms with Crippen molar-refractivity contribution in [2.24, 2.45) is 0 Å². The summed E-state index contributed by atoms with van der Waals surface area (Å²) >= 11 is -0.600. The van der Waals surface area contributed by atoms with Crippen molar-refractivity contribution in [2.45, 2.75) is 40.5 Å². The van der Waals surface area contributed by atoms with E-state index in [0.717, 1.165) is 12.8 Å². The molecule has 0 nitrogen and oxygen atoms in total. The molecule has 0 aromatic carbocycles. The molecule has 2 aliphatic rings. The van der Waals surface area contributed by atoms with Gasteiger partial charge in [-0.05, 0) is 0 Å². The average Bonchev–Trinajstić information content (AvgIpc) is 2.90. The Kier molecular flexibility index (Phi) is 5.16. The molecular weight excluding hydrogens is 307 g/mol. The summed E-state index contributed by atoms with van der Waals surface area (Å²) in [4.78, 5) is 0. The molecule has 0 N–H and O–H groups in total. The average molecular weight is 330 g/mol. The van der Waals surface area contributed by atoms with Gasteiger partial charge in [0.25, 0.3) is 0 Å². The maximum absolute atomic E-state index is 2.47. The van der Waals surface area contributed by atoms with Gasteiger partial charge in [0.2, 0.25) is 0 Å². The summed E-state index contributed by atoms with van der Waals surface area (Å²) in [7, 11) is 0. The molecule has 0 spiro atoms. The topological polar surface area (TPSA) is 0 Å². The van der Waals surface area contributed by atoms with Crippen LogP contribution in [0.3, 0.4) is 0 Å². The van der Waals surface area contributed by atoms with Crippen LogP contribution in [0.25, 0.3) is 0 Å². The fourth-order valence-electron chi connectivity index (χ4n) is 2.61. The van der Waals surface area contributed by atoms with Gasteiger partial charge in [-0.2, -0.15) is 0 Å². The van der Waals surface area contributed by atoms with Crippen LogP contribution in [0.15, 0.2) is 65.3 Å². The Morgan fingerprint density at radius 2 is 1.26 bits per heavy atom. The van der Waals surface area contributed by atoms with Gasteiger partial charge in [-0.15, -0.1) is 0 Å². The van der Waals surface area contributed by atoms with E-state index in [2.05, 4.69) is 64.2 Å². The van der Waals surface area contributed by atoms with Gasteiger partial charge in [0.05, 0.1) is 0 Å². The van der Waals surface area contributed by atoms with Crippen LogP contribution < -0.4 is 0 Å². The van der Waals surface area contributed by atoms with Gasteiger partial charge < -0.3 is 0 Å². The summed E-state index contributed by atoms with van der Waals surface area (Å²) in [6.07, 6.45) is 16.1. The van der Waals surface area contributed by atoms with E-state index in [4.69, 9.17) is 0 Å². The summed E-state index contributed by atoms with van der Waals surface area (Å²) in [5, 5.41) is 0. The first kappa shape index (κ1) is 14.7. The summed E-state index contributed by atoms with van der Waals surface area (Å²) in [5.41, 5.74) is 6.15. The molecule has 0 amide bonds.